The molecule has 0 aliphatic carbocycles. The summed E-state index contributed by atoms with van der Waals surface area (Å²) in [7, 11) is 3.86. The number of rotatable bonds is 4. The largest absolute Gasteiger partial charge is 0.344 e. The van der Waals surface area contributed by atoms with Crippen molar-refractivity contribution in [3.05, 3.63) is 28.3 Å². The van der Waals surface area contributed by atoms with Gasteiger partial charge < -0.3 is 9.42 Å². The van der Waals surface area contributed by atoms with Crippen LogP contribution in [-0.4, -0.2) is 42.2 Å². The van der Waals surface area contributed by atoms with Crippen molar-refractivity contribution in [2.75, 3.05) is 32.1 Å². The van der Waals surface area contributed by atoms with E-state index in [2.05, 4.69) is 31.9 Å². The predicted molar refractivity (Wildman–Crippen MR) is 80.2 cm³/mol. The normalized spacial score (nSPS) is 17.5. The lowest BCUT2D eigenvalue weighted by Crippen LogP contribution is -2.32. The van der Waals surface area contributed by atoms with Crippen LogP contribution in [0.15, 0.2) is 21.3 Å². The van der Waals surface area contributed by atoms with E-state index in [-0.39, 0.29) is 0 Å². The summed E-state index contributed by atoms with van der Waals surface area (Å²) in [5.74, 6) is 1.87. The van der Waals surface area contributed by atoms with Gasteiger partial charge in [0.15, 0.2) is 0 Å². The lowest BCUT2D eigenvalue weighted by molar-refractivity contribution is 0.188. The van der Waals surface area contributed by atoms with Gasteiger partial charge in [-0.25, -0.2) is 0 Å². The van der Waals surface area contributed by atoms with Crippen LogP contribution in [0.25, 0.3) is 0 Å². The summed E-state index contributed by atoms with van der Waals surface area (Å²) in [5, 5.41) is 8.37. The highest BCUT2D eigenvalue weighted by Gasteiger charge is 2.25. The molecule has 20 heavy (non-hydrogen) atoms. The molecular weight excluding hydrogens is 272 g/mol. The van der Waals surface area contributed by atoms with Gasteiger partial charge in [-0.15, -0.1) is 0 Å². The van der Waals surface area contributed by atoms with Crippen molar-refractivity contribution in [1.82, 2.24) is 15.0 Å². The molecule has 2 aromatic rings. The van der Waals surface area contributed by atoms with Gasteiger partial charge >= 0.3 is 0 Å². The van der Waals surface area contributed by atoms with Crippen LogP contribution in [0.5, 0.6) is 0 Å². The molecule has 0 spiro atoms. The first-order valence-electron chi connectivity index (χ1n) is 6.97. The van der Waals surface area contributed by atoms with Gasteiger partial charge in [-0.1, -0.05) is 0 Å². The minimum Gasteiger partial charge on any atom is -0.344 e. The number of aromatic nitrogens is 2. The SMILES string of the molecule is CN(C)c1noc(C2CCN(Cc3ccsc3)CC2)n1. The zero-order valence-corrected chi connectivity index (χ0v) is 12.8. The van der Waals surface area contributed by atoms with E-state index in [0.29, 0.717) is 11.9 Å². The van der Waals surface area contributed by atoms with E-state index in [0.717, 1.165) is 38.4 Å². The summed E-state index contributed by atoms with van der Waals surface area (Å²) in [6, 6.07) is 2.21. The fraction of sp³-hybridized carbons (Fsp3) is 0.571. The molecule has 1 saturated heterocycles. The Morgan fingerprint density at radius 3 is 2.80 bits per heavy atom. The number of thiophene rings is 1. The third-order valence-corrected chi connectivity index (χ3v) is 4.49. The summed E-state index contributed by atoms with van der Waals surface area (Å²) >= 11 is 1.77. The molecule has 1 aliphatic heterocycles. The number of hydrogen-bond acceptors (Lipinski definition) is 6. The van der Waals surface area contributed by atoms with Crippen LogP contribution in [0.4, 0.5) is 5.95 Å². The molecule has 6 heteroatoms. The van der Waals surface area contributed by atoms with Gasteiger partial charge in [-0.2, -0.15) is 16.3 Å². The highest BCUT2D eigenvalue weighted by atomic mass is 32.1. The summed E-state index contributed by atoms with van der Waals surface area (Å²) in [6.45, 7) is 3.25. The van der Waals surface area contributed by atoms with E-state index in [9.17, 15) is 0 Å². The second kappa shape index (κ2) is 5.93. The summed E-state index contributed by atoms with van der Waals surface area (Å²) in [5.41, 5.74) is 1.42. The fourth-order valence-corrected chi connectivity index (χ4v) is 3.21. The van der Waals surface area contributed by atoms with Gasteiger partial charge in [0.1, 0.15) is 0 Å². The Morgan fingerprint density at radius 1 is 1.40 bits per heavy atom. The zero-order valence-electron chi connectivity index (χ0n) is 12.0. The number of piperidine rings is 1. The third-order valence-electron chi connectivity index (χ3n) is 3.75. The molecule has 3 heterocycles. The van der Waals surface area contributed by atoms with E-state index in [4.69, 9.17) is 4.52 Å². The molecule has 0 aromatic carbocycles. The molecule has 2 aromatic heterocycles. The molecule has 0 saturated carbocycles. The Morgan fingerprint density at radius 2 is 2.20 bits per heavy atom. The molecular formula is C14H20N4OS. The van der Waals surface area contributed by atoms with Crippen LogP contribution < -0.4 is 4.90 Å². The van der Waals surface area contributed by atoms with Gasteiger partial charge in [0.25, 0.3) is 5.95 Å². The van der Waals surface area contributed by atoms with Gasteiger partial charge in [0.2, 0.25) is 5.89 Å². The molecule has 0 unspecified atom stereocenters. The van der Waals surface area contributed by atoms with Crippen molar-refractivity contribution in [3.8, 4) is 0 Å². The first-order chi connectivity index (χ1) is 9.72. The molecule has 0 amide bonds. The van der Waals surface area contributed by atoms with Crippen LogP contribution in [-0.2, 0) is 6.54 Å². The molecule has 0 radical (unpaired) electrons. The average Bonchev–Trinajstić information content (AvgIpc) is 3.10. The smallest absolute Gasteiger partial charge is 0.265 e. The number of nitrogens with zero attached hydrogens (tertiary/aromatic N) is 4. The van der Waals surface area contributed by atoms with Gasteiger partial charge in [-0.3, -0.25) is 4.90 Å². The molecule has 1 fully saturated rings. The molecule has 1 aliphatic rings. The lowest BCUT2D eigenvalue weighted by Gasteiger charge is -2.29. The highest BCUT2D eigenvalue weighted by Crippen LogP contribution is 2.28. The maximum atomic E-state index is 5.39. The number of likely N-dealkylation sites (tertiary alicyclic amines) is 1. The molecule has 5 nitrogen and oxygen atoms in total. The maximum Gasteiger partial charge on any atom is 0.265 e. The number of anilines is 1. The Labute approximate surface area is 123 Å². The van der Waals surface area contributed by atoms with Crippen molar-refractivity contribution in [2.24, 2.45) is 0 Å². The van der Waals surface area contributed by atoms with Crippen molar-refractivity contribution >= 4 is 17.3 Å². The third kappa shape index (κ3) is 3.02. The quantitative estimate of drug-likeness (QED) is 0.866. The monoisotopic (exact) mass is 292 g/mol. The van der Waals surface area contributed by atoms with Crippen LogP contribution in [0, 0.1) is 0 Å². The van der Waals surface area contributed by atoms with E-state index >= 15 is 0 Å². The van der Waals surface area contributed by atoms with E-state index in [1.54, 1.807) is 11.3 Å². The summed E-state index contributed by atoms with van der Waals surface area (Å²) in [4.78, 5) is 8.84. The van der Waals surface area contributed by atoms with Crippen molar-refractivity contribution in [2.45, 2.75) is 25.3 Å². The van der Waals surface area contributed by atoms with Crippen LogP contribution in [0.2, 0.25) is 0 Å². The van der Waals surface area contributed by atoms with Crippen LogP contribution >= 0.6 is 11.3 Å². The summed E-state index contributed by atoms with van der Waals surface area (Å²) in [6.07, 6.45) is 2.19. The Balaban J connectivity index is 1.55. The maximum absolute atomic E-state index is 5.39. The minimum absolute atomic E-state index is 0.412. The fourth-order valence-electron chi connectivity index (χ4n) is 2.55. The van der Waals surface area contributed by atoms with Crippen molar-refractivity contribution in [1.29, 1.82) is 0 Å². The topological polar surface area (TPSA) is 45.4 Å². The van der Waals surface area contributed by atoms with Gasteiger partial charge in [0, 0.05) is 26.6 Å². The molecule has 108 valence electrons. The van der Waals surface area contributed by atoms with E-state index in [1.165, 1.54) is 5.56 Å². The lowest BCUT2D eigenvalue weighted by atomic mass is 9.96. The second-order valence-corrected chi connectivity index (χ2v) is 6.29. The predicted octanol–water partition coefficient (Wildman–Crippen LogP) is 2.58. The first kappa shape index (κ1) is 13.6. The average molecular weight is 292 g/mol. The zero-order chi connectivity index (χ0) is 13.9. The summed E-state index contributed by atoms with van der Waals surface area (Å²) < 4.78 is 5.39. The standard InChI is InChI=1S/C14H20N4OS/c1-17(2)14-15-13(19-16-14)12-3-6-18(7-4-12)9-11-5-8-20-10-11/h5,8,10,12H,3-4,6-7,9H2,1-2H3. The van der Waals surface area contributed by atoms with Crippen LogP contribution in [0.3, 0.4) is 0 Å². The Kier molecular flexibility index (Phi) is 4.03. The first-order valence-corrected chi connectivity index (χ1v) is 7.91. The van der Waals surface area contributed by atoms with Gasteiger partial charge in [0.05, 0.1) is 0 Å². The molecule has 3 rings (SSSR count). The minimum atomic E-state index is 0.412. The van der Waals surface area contributed by atoms with Gasteiger partial charge in [-0.05, 0) is 53.5 Å². The molecule has 0 N–H and O–H groups in total. The molecule has 0 bridgehead atoms. The Bertz CT molecular complexity index is 529. The second-order valence-electron chi connectivity index (χ2n) is 5.51. The van der Waals surface area contributed by atoms with Crippen molar-refractivity contribution in [3.63, 3.8) is 0 Å². The number of hydrogen-bond donors (Lipinski definition) is 0. The Hall–Kier alpha value is -1.40. The van der Waals surface area contributed by atoms with Crippen molar-refractivity contribution < 1.29 is 4.52 Å². The van der Waals surface area contributed by atoms with Crippen LogP contribution in [0.1, 0.15) is 30.2 Å². The highest BCUT2D eigenvalue weighted by molar-refractivity contribution is 7.07. The van der Waals surface area contributed by atoms with E-state index in [1.807, 2.05) is 19.0 Å². The molecule has 0 atom stereocenters. The van der Waals surface area contributed by atoms with E-state index < -0.39 is 0 Å².